The second-order valence-corrected chi connectivity index (χ2v) is 6.19. The summed E-state index contributed by atoms with van der Waals surface area (Å²) >= 11 is 0. The fourth-order valence-corrected chi connectivity index (χ4v) is 2.82. The molecule has 7 heteroatoms. The second-order valence-electron chi connectivity index (χ2n) is 6.19. The van der Waals surface area contributed by atoms with E-state index < -0.39 is 0 Å². The second kappa shape index (κ2) is 6.33. The van der Waals surface area contributed by atoms with E-state index in [1.54, 1.807) is 10.9 Å². The van der Waals surface area contributed by atoms with Crippen molar-refractivity contribution in [1.82, 2.24) is 25.0 Å². The third-order valence-electron chi connectivity index (χ3n) is 4.37. The number of nitrogens with zero attached hydrogens (tertiary/aromatic N) is 5. The Bertz CT molecular complexity index is 677. The van der Waals surface area contributed by atoms with Gasteiger partial charge in [-0.2, -0.15) is 0 Å². The van der Waals surface area contributed by atoms with Crippen molar-refractivity contribution in [3.05, 3.63) is 23.7 Å². The van der Waals surface area contributed by atoms with Gasteiger partial charge in [0.1, 0.15) is 0 Å². The van der Waals surface area contributed by atoms with Gasteiger partial charge < -0.3 is 9.47 Å². The van der Waals surface area contributed by atoms with E-state index in [4.69, 9.17) is 9.47 Å². The Balaban J connectivity index is 1.53. The average molecular weight is 315 g/mol. The van der Waals surface area contributed by atoms with E-state index in [0.29, 0.717) is 24.0 Å². The summed E-state index contributed by atoms with van der Waals surface area (Å²) in [6.45, 7) is 1.17. The van der Waals surface area contributed by atoms with Gasteiger partial charge in [0.15, 0.2) is 17.8 Å². The van der Waals surface area contributed by atoms with Gasteiger partial charge in [-0.05, 0) is 38.2 Å². The van der Waals surface area contributed by atoms with Crippen LogP contribution in [-0.4, -0.2) is 37.9 Å². The van der Waals surface area contributed by atoms with Crippen LogP contribution >= 0.6 is 0 Å². The third kappa shape index (κ3) is 3.25. The molecule has 1 atom stereocenters. The summed E-state index contributed by atoms with van der Waals surface area (Å²) in [6.07, 6.45) is 7.30. The van der Waals surface area contributed by atoms with Gasteiger partial charge in [-0.1, -0.05) is 5.21 Å². The standard InChI is InChI=1S/C16H21N5O2/c1-21-13(10-23-14-4-2-3-9-22-14)15(19-20-21)16-17-8-7-12(18-16)11-5-6-11/h7-8,11,14H,2-6,9-10H2,1H3. The summed E-state index contributed by atoms with van der Waals surface area (Å²) in [6, 6.07) is 1.99. The summed E-state index contributed by atoms with van der Waals surface area (Å²) in [5, 5.41) is 8.35. The van der Waals surface area contributed by atoms with E-state index in [0.717, 1.165) is 37.3 Å². The molecule has 0 aromatic carbocycles. The predicted molar refractivity (Wildman–Crippen MR) is 82.4 cm³/mol. The van der Waals surface area contributed by atoms with E-state index in [1.807, 2.05) is 13.1 Å². The van der Waals surface area contributed by atoms with Gasteiger partial charge in [0, 0.05) is 31.5 Å². The van der Waals surface area contributed by atoms with Crippen LogP contribution < -0.4 is 0 Å². The lowest BCUT2D eigenvalue weighted by Gasteiger charge is -2.22. The summed E-state index contributed by atoms with van der Waals surface area (Å²) in [4.78, 5) is 9.03. The van der Waals surface area contributed by atoms with Crippen LogP contribution in [0.5, 0.6) is 0 Å². The molecular weight excluding hydrogens is 294 g/mol. The molecule has 0 bridgehead atoms. The van der Waals surface area contributed by atoms with Crippen molar-refractivity contribution in [2.45, 2.75) is 50.9 Å². The predicted octanol–water partition coefficient (Wildman–Crippen LogP) is 2.19. The molecule has 1 unspecified atom stereocenters. The summed E-state index contributed by atoms with van der Waals surface area (Å²) in [5.41, 5.74) is 2.68. The Kier molecular flexibility index (Phi) is 4.05. The van der Waals surface area contributed by atoms with Crippen molar-refractivity contribution in [2.75, 3.05) is 6.61 Å². The molecule has 2 aromatic rings. The molecule has 122 valence electrons. The quantitative estimate of drug-likeness (QED) is 0.842. The van der Waals surface area contributed by atoms with Crippen LogP contribution in [0.2, 0.25) is 0 Å². The van der Waals surface area contributed by atoms with Gasteiger partial charge in [0.05, 0.1) is 12.3 Å². The molecule has 23 heavy (non-hydrogen) atoms. The molecule has 1 aliphatic heterocycles. The van der Waals surface area contributed by atoms with Crippen molar-refractivity contribution in [1.29, 1.82) is 0 Å². The van der Waals surface area contributed by atoms with E-state index in [9.17, 15) is 0 Å². The summed E-state index contributed by atoms with van der Waals surface area (Å²) < 4.78 is 13.2. The van der Waals surface area contributed by atoms with Crippen LogP contribution in [0.4, 0.5) is 0 Å². The van der Waals surface area contributed by atoms with E-state index >= 15 is 0 Å². The van der Waals surface area contributed by atoms with Gasteiger partial charge in [-0.15, -0.1) is 5.10 Å². The van der Waals surface area contributed by atoms with Gasteiger partial charge >= 0.3 is 0 Å². The Morgan fingerprint density at radius 3 is 3.00 bits per heavy atom. The first-order valence-electron chi connectivity index (χ1n) is 8.26. The zero-order chi connectivity index (χ0) is 15.6. The van der Waals surface area contributed by atoms with Gasteiger partial charge in [-0.25, -0.2) is 14.6 Å². The third-order valence-corrected chi connectivity index (χ3v) is 4.37. The fourth-order valence-electron chi connectivity index (χ4n) is 2.82. The molecule has 1 saturated carbocycles. The molecule has 0 N–H and O–H groups in total. The largest absolute Gasteiger partial charge is 0.353 e. The number of aryl methyl sites for hydroxylation is 1. The van der Waals surface area contributed by atoms with Crippen molar-refractivity contribution >= 4 is 0 Å². The molecule has 2 aromatic heterocycles. The summed E-state index contributed by atoms with van der Waals surface area (Å²) in [7, 11) is 1.86. The van der Waals surface area contributed by atoms with E-state index in [-0.39, 0.29) is 6.29 Å². The maximum absolute atomic E-state index is 5.88. The van der Waals surface area contributed by atoms with E-state index in [2.05, 4.69) is 20.3 Å². The van der Waals surface area contributed by atoms with Gasteiger partial charge in [0.2, 0.25) is 0 Å². The molecule has 0 radical (unpaired) electrons. The van der Waals surface area contributed by atoms with Crippen LogP contribution in [0, 0.1) is 0 Å². The minimum absolute atomic E-state index is 0.134. The maximum Gasteiger partial charge on any atom is 0.182 e. The Morgan fingerprint density at radius 2 is 2.22 bits per heavy atom. The van der Waals surface area contributed by atoms with Gasteiger partial charge in [-0.3, -0.25) is 0 Å². The van der Waals surface area contributed by atoms with Crippen molar-refractivity contribution in [3.63, 3.8) is 0 Å². The van der Waals surface area contributed by atoms with Crippen molar-refractivity contribution in [2.24, 2.45) is 7.05 Å². The molecule has 4 rings (SSSR count). The van der Waals surface area contributed by atoms with Crippen LogP contribution in [0.3, 0.4) is 0 Å². The zero-order valence-corrected chi connectivity index (χ0v) is 13.3. The van der Waals surface area contributed by atoms with Crippen LogP contribution in [-0.2, 0) is 23.1 Å². The van der Waals surface area contributed by atoms with Crippen LogP contribution in [0.1, 0.15) is 49.4 Å². The molecule has 0 amide bonds. The monoisotopic (exact) mass is 315 g/mol. The molecule has 2 fully saturated rings. The highest BCUT2D eigenvalue weighted by molar-refractivity contribution is 5.52. The molecule has 3 heterocycles. The highest BCUT2D eigenvalue weighted by Gasteiger charge is 2.26. The molecule has 1 saturated heterocycles. The molecule has 7 nitrogen and oxygen atoms in total. The SMILES string of the molecule is Cn1nnc(-c2nccc(C3CC3)n2)c1COC1CCCCO1. The first-order valence-corrected chi connectivity index (χ1v) is 8.26. The lowest BCUT2D eigenvalue weighted by Crippen LogP contribution is -2.22. The maximum atomic E-state index is 5.88. The van der Waals surface area contributed by atoms with Crippen molar-refractivity contribution in [3.8, 4) is 11.5 Å². The molecule has 1 aliphatic carbocycles. The number of hydrogen-bond acceptors (Lipinski definition) is 6. The highest BCUT2D eigenvalue weighted by atomic mass is 16.7. The smallest absolute Gasteiger partial charge is 0.182 e. The lowest BCUT2D eigenvalue weighted by molar-refractivity contribution is -0.169. The van der Waals surface area contributed by atoms with Gasteiger partial charge in [0.25, 0.3) is 0 Å². The number of rotatable bonds is 5. The van der Waals surface area contributed by atoms with E-state index in [1.165, 1.54) is 12.8 Å². The van der Waals surface area contributed by atoms with Crippen molar-refractivity contribution < 1.29 is 9.47 Å². The fraction of sp³-hybridized carbons (Fsp3) is 0.625. The Morgan fingerprint density at radius 1 is 1.30 bits per heavy atom. The van der Waals surface area contributed by atoms with Crippen LogP contribution in [0.15, 0.2) is 12.3 Å². The summed E-state index contributed by atoms with van der Waals surface area (Å²) in [5.74, 6) is 1.22. The molecule has 0 spiro atoms. The van der Waals surface area contributed by atoms with Crippen LogP contribution in [0.25, 0.3) is 11.5 Å². The Hall–Kier alpha value is -1.86. The zero-order valence-electron chi connectivity index (χ0n) is 13.3. The number of ether oxygens (including phenoxy) is 2. The highest BCUT2D eigenvalue weighted by Crippen LogP contribution is 2.39. The average Bonchev–Trinajstić information content (AvgIpc) is 3.38. The lowest BCUT2D eigenvalue weighted by atomic mass is 10.2. The first kappa shape index (κ1) is 14.7. The normalized spacial score (nSPS) is 21.5. The number of aromatic nitrogens is 5. The molecular formula is C16H21N5O2. The minimum Gasteiger partial charge on any atom is -0.353 e. The minimum atomic E-state index is -0.134. The molecule has 2 aliphatic rings. The first-order chi connectivity index (χ1) is 11.3. The number of hydrogen-bond donors (Lipinski definition) is 0. The Labute approximate surface area is 135 Å². The topological polar surface area (TPSA) is 75.0 Å².